The summed E-state index contributed by atoms with van der Waals surface area (Å²) in [7, 11) is 4.07. The third-order valence-electron chi connectivity index (χ3n) is 2.30. The summed E-state index contributed by atoms with van der Waals surface area (Å²) < 4.78 is 0. The molecule has 0 N–H and O–H groups in total. The molecule has 2 nitrogen and oxygen atoms in total. The Morgan fingerprint density at radius 3 is 2.25 bits per heavy atom. The molecule has 0 bridgehead atoms. The zero-order valence-corrected chi connectivity index (χ0v) is 9.94. The SMILES string of the molecule is CN(C)c1ccc(-c2[c-]nccc2)cc1.[Li+]. The maximum Gasteiger partial charge on any atom is 1.00 e. The first kappa shape index (κ1) is 12.8. The van der Waals surface area contributed by atoms with Crippen LogP contribution in [0.25, 0.3) is 11.1 Å². The minimum atomic E-state index is 0. The van der Waals surface area contributed by atoms with Crippen molar-refractivity contribution in [1.82, 2.24) is 4.98 Å². The minimum absolute atomic E-state index is 0. The number of pyridine rings is 1. The fraction of sp³-hybridized carbons (Fsp3) is 0.154. The van der Waals surface area contributed by atoms with Gasteiger partial charge in [-0.2, -0.15) is 0 Å². The van der Waals surface area contributed by atoms with Crippen molar-refractivity contribution in [3.8, 4) is 11.1 Å². The number of anilines is 1. The molecule has 1 heterocycles. The van der Waals surface area contributed by atoms with Gasteiger partial charge in [-0.15, -0.1) is 17.7 Å². The number of nitrogens with zero attached hydrogens (tertiary/aromatic N) is 2. The van der Waals surface area contributed by atoms with Crippen molar-refractivity contribution in [3.63, 3.8) is 0 Å². The van der Waals surface area contributed by atoms with Gasteiger partial charge in [0.15, 0.2) is 0 Å². The van der Waals surface area contributed by atoms with Crippen LogP contribution >= 0.6 is 0 Å². The molecule has 76 valence electrons. The van der Waals surface area contributed by atoms with Crippen molar-refractivity contribution in [2.75, 3.05) is 19.0 Å². The molecule has 2 rings (SSSR count). The molecular formula is C13H13LiN2. The average Bonchev–Trinajstić information content (AvgIpc) is 2.30. The van der Waals surface area contributed by atoms with Gasteiger partial charge in [-0.05, 0) is 18.3 Å². The van der Waals surface area contributed by atoms with Gasteiger partial charge in [-0.3, -0.25) is 0 Å². The van der Waals surface area contributed by atoms with Crippen LogP contribution in [0, 0.1) is 6.20 Å². The molecule has 0 aliphatic rings. The monoisotopic (exact) mass is 204 g/mol. The van der Waals surface area contributed by atoms with Gasteiger partial charge in [-0.1, -0.05) is 23.9 Å². The summed E-state index contributed by atoms with van der Waals surface area (Å²) in [5.41, 5.74) is 3.37. The Morgan fingerprint density at radius 1 is 1.06 bits per heavy atom. The second-order valence-electron chi connectivity index (χ2n) is 3.60. The standard InChI is InChI=1S/C13H13N2.Li/c1-15(2)13-7-5-11(6-8-13)12-4-3-9-14-10-12;/h3-9H,1-2H3;/q-1;+1. The van der Waals surface area contributed by atoms with Crippen molar-refractivity contribution in [2.45, 2.75) is 0 Å². The summed E-state index contributed by atoms with van der Waals surface area (Å²) in [6.45, 7) is 0. The van der Waals surface area contributed by atoms with Crippen molar-refractivity contribution >= 4 is 5.69 Å². The van der Waals surface area contributed by atoms with E-state index in [2.05, 4.69) is 40.3 Å². The van der Waals surface area contributed by atoms with Crippen LogP contribution in [-0.4, -0.2) is 19.1 Å². The minimum Gasteiger partial charge on any atom is -0.378 e. The Morgan fingerprint density at radius 2 is 1.75 bits per heavy atom. The number of hydrogen-bond acceptors (Lipinski definition) is 2. The van der Waals surface area contributed by atoms with Crippen LogP contribution in [-0.2, 0) is 0 Å². The summed E-state index contributed by atoms with van der Waals surface area (Å²) in [5.74, 6) is 0. The molecular weight excluding hydrogens is 191 g/mol. The molecule has 0 spiro atoms. The van der Waals surface area contributed by atoms with Gasteiger partial charge in [-0.25, -0.2) is 0 Å². The molecule has 0 saturated heterocycles. The van der Waals surface area contributed by atoms with Crippen LogP contribution in [0.5, 0.6) is 0 Å². The van der Waals surface area contributed by atoms with E-state index in [9.17, 15) is 0 Å². The molecule has 0 radical (unpaired) electrons. The average molecular weight is 204 g/mol. The molecule has 2 aromatic rings. The fourth-order valence-electron chi connectivity index (χ4n) is 1.43. The zero-order chi connectivity index (χ0) is 10.7. The number of rotatable bonds is 2. The summed E-state index contributed by atoms with van der Waals surface area (Å²) in [6, 6.07) is 12.3. The summed E-state index contributed by atoms with van der Waals surface area (Å²) in [4.78, 5) is 6.06. The van der Waals surface area contributed by atoms with E-state index in [1.165, 1.54) is 5.69 Å². The van der Waals surface area contributed by atoms with E-state index in [0.29, 0.717) is 0 Å². The van der Waals surface area contributed by atoms with Gasteiger partial charge < -0.3 is 9.88 Å². The molecule has 16 heavy (non-hydrogen) atoms. The van der Waals surface area contributed by atoms with Crippen LogP contribution in [0.4, 0.5) is 5.69 Å². The van der Waals surface area contributed by atoms with Crippen LogP contribution in [0.15, 0.2) is 42.6 Å². The molecule has 0 fully saturated rings. The summed E-state index contributed by atoms with van der Waals surface area (Å²) in [5, 5.41) is 0. The van der Waals surface area contributed by atoms with Crippen LogP contribution in [0.2, 0.25) is 0 Å². The van der Waals surface area contributed by atoms with Crippen molar-refractivity contribution in [2.24, 2.45) is 0 Å². The first-order valence-corrected chi connectivity index (χ1v) is 4.88. The molecule has 0 saturated carbocycles. The summed E-state index contributed by atoms with van der Waals surface area (Å²) >= 11 is 0. The van der Waals surface area contributed by atoms with Crippen molar-refractivity contribution in [1.29, 1.82) is 0 Å². The largest absolute Gasteiger partial charge is 1.00 e. The van der Waals surface area contributed by atoms with Gasteiger partial charge >= 0.3 is 18.9 Å². The smallest absolute Gasteiger partial charge is 0.378 e. The third kappa shape index (κ3) is 2.88. The van der Waals surface area contributed by atoms with E-state index in [0.717, 1.165) is 11.1 Å². The fourth-order valence-corrected chi connectivity index (χ4v) is 1.43. The molecule has 0 aliphatic carbocycles. The topological polar surface area (TPSA) is 16.1 Å². The van der Waals surface area contributed by atoms with Gasteiger partial charge in [0.1, 0.15) is 0 Å². The second kappa shape index (κ2) is 5.74. The normalized spacial score (nSPS) is 9.38. The Hall–Kier alpha value is -1.23. The molecule has 0 amide bonds. The van der Waals surface area contributed by atoms with Crippen LogP contribution in [0.1, 0.15) is 0 Å². The quantitative estimate of drug-likeness (QED) is 0.489. The van der Waals surface area contributed by atoms with E-state index < -0.39 is 0 Å². The first-order chi connectivity index (χ1) is 7.27. The molecule has 1 aromatic carbocycles. The van der Waals surface area contributed by atoms with Crippen molar-refractivity contribution < 1.29 is 18.9 Å². The van der Waals surface area contributed by atoms with E-state index >= 15 is 0 Å². The van der Waals surface area contributed by atoms with E-state index in [1.807, 2.05) is 26.2 Å². The molecule has 0 atom stereocenters. The Balaban J connectivity index is 0.00000128. The Labute approximate surface area is 108 Å². The van der Waals surface area contributed by atoms with E-state index in [-0.39, 0.29) is 18.9 Å². The summed E-state index contributed by atoms with van der Waals surface area (Å²) in [6.07, 6.45) is 4.70. The zero-order valence-electron chi connectivity index (χ0n) is 9.94. The Bertz CT molecular complexity index is 423. The van der Waals surface area contributed by atoms with E-state index in [4.69, 9.17) is 0 Å². The maximum atomic E-state index is 3.98. The predicted molar refractivity (Wildman–Crippen MR) is 62.8 cm³/mol. The maximum absolute atomic E-state index is 3.98. The van der Waals surface area contributed by atoms with Gasteiger partial charge in [0, 0.05) is 19.8 Å². The first-order valence-electron chi connectivity index (χ1n) is 4.88. The Kier molecular flexibility index (Phi) is 4.61. The number of benzene rings is 1. The molecule has 3 heteroatoms. The second-order valence-corrected chi connectivity index (χ2v) is 3.60. The van der Waals surface area contributed by atoms with Gasteiger partial charge in [0.25, 0.3) is 0 Å². The predicted octanol–water partition coefficient (Wildman–Crippen LogP) is -0.381. The van der Waals surface area contributed by atoms with Gasteiger partial charge in [0.2, 0.25) is 0 Å². The van der Waals surface area contributed by atoms with Gasteiger partial charge in [0.05, 0.1) is 0 Å². The number of aromatic nitrogens is 1. The van der Waals surface area contributed by atoms with E-state index in [1.54, 1.807) is 6.20 Å². The van der Waals surface area contributed by atoms with Crippen LogP contribution < -0.4 is 23.8 Å². The third-order valence-corrected chi connectivity index (χ3v) is 2.30. The number of hydrogen-bond donors (Lipinski definition) is 0. The van der Waals surface area contributed by atoms with Crippen LogP contribution in [0.3, 0.4) is 0 Å². The molecule has 0 unspecified atom stereocenters. The molecule has 1 aromatic heterocycles. The van der Waals surface area contributed by atoms with Crippen molar-refractivity contribution in [3.05, 3.63) is 48.8 Å². The molecule has 0 aliphatic heterocycles.